The zero-order valence-electron chi connectivity index (χ0n) is 49.2. The van der Waals surface area contributed by atoms with Gasteiger partial charge in [0.25, 0.3) is 0 Å². The van der Waals surface area contributed by atoms with Crippen LogP contribution in [0.4, 0.5) is 0 Å². The summed E-state index contributed by atoms with van der Waals surface area (Å²) in [5.41, 5.74) is 0. The second-order valence-electron chi connectivity index (χ2n) is 21.0. The van der Waals surface area contributed by atoms with Crippen molar-refractivity contribution in [2.45, 2.75) is 231 Å². The van der Waals surface area contributed by atoms with E-state index in [1.54, 1.807) is 6.08 Å². The molecule has 0 fully saturated rings. The van der Waals surface area contributed by atoms with Gasteiger partial charge in [0.1, 0.15) is 13.2 Å². The Balaban J connectivity index is 4.43. The van der Waals surface area contributed by atoms with Crippen molar-refractivity contribution < 1.29 is 32.9 Å². The highest BCUT2D eigenvalue weighted by Crippen LogP contribution is 2.43. The molecule has 0 aliphatic carbocycles. The number of nitrogens with one attached hydrogen (secondary N) is 1. The van der Waals surface area contributed by atoms with Gasteiger partial charge in [0.05, 0.1) is 39.9 Å². The number of carbonyl (C=O) groups excluding carboxylic acids is 1. The lowest BCUT2D eigenvalue weighted by molar-refractivity contribution is -0.870. The predicted molar refractivity (Wildman–Crippen MR) is 331 cm³/mol. The second-order valence-corrected chi connectivity index (χ2v) is 22.4. The number of rotatable bonds is 53. The van der Waals surface area contributed by atoms with E-state index in [2.05, 4.69) is 153 Å². The minimum atomic E-state index is -4.39. The van der Waals surface area contributed by atoms with Gasteiger partial charge in [0.2, 0.25) is 5.91 Å². The van der Waals surface area contributed by atoms with Crippen LogP contribution in [0.5, 0.6) is 0 Å². The quantitative estimate of drug-likeness (QED) is 0.0243. The number of quaternary nitrogens is 1. The first kappa shape index (κ1) is 72.4. The van der Waals surface area contributed by atoms with Crippen molar-refractivity contribution in [3.63, 3.8) is 0 Å². The van der Waals surface area contributed by atoms with E-state index in [1.807, 2.05) is 27.2 Å². The molecule has 3 N–H and O–H groups in total. The topological polar surface area (TPSA) is 105 Å². The standard InChI is InChI=1S/C67H113N2O6P/c1-6-8-10-12-14-16-18-20-22-24-26-28-30-32-33-34-35-37-39-41-43-45-47-49-51-53-55-57-59-61-67(71)68-65(64-75-76(72,73)74-63-62-69(3,4)5)66(70)60-58-56-54-52-50-48-46-44-42-40-38-36-31-29-27-25-23-21-19-17-15-13-11-9-7-2/h8,10,14,16,20,22,26,28,32-33,35,37,41-44,47,49-50,52-53,55,58,60,65-66,70H,6-7,9,11-13,15,17-19,21,23-25,27,29-31,34,36,38-40,45-46,48,51,54,56-57,59,61-64H2,1-5H3,(H-,68,71,72,73)/p+1/b10-8-,16-14-,22-20-,28-26-,33-32-,37-35-,43-41-,44-42+,49-47-,52-50+,55-53-,60-58+. The fourth-order valence-electron chi connectivity index (χ4n) is 7.84. The van der Waals surface area contributed by atoms with Gasteiger partial charge in [0, 0.05) is 6.42 Å². The first-order valence-electron chi connectivity index (χ1n) is 30.2. The summed E-state index contributed by atoms with van der Waals surface area (Å²) in [6, 6.07) is -0.914. The number of aliphatic hydroxyl groups excluding tert-OH is 1. The van der Waals surface area contributed by atoms with Crippen molar-refractivity contribution >= 4 is 13.7 Å². The molecule has 3 atom stereocenters. The Kier molecular flexibility index (Phi) is 53.4. The van der Waals surface area contributed by atoms with Crippen LogP contribution in [0, 0.1) is 0 Å². The molecule has 9 heteroatoms. The van der Waals surface area contributed by atoms with Gasteiger partial charge in [-0.3, -0.25) is 13.8 Å². The van der Waals surface area contributed by atoms with E-state index in [1.165, 1.54) is 103 Å². The molecule has 0 spiro atoms. The van der Waals surface area contributed by atoms with Crippen molar-refractivity contribution in [2.75, 3.05) is 40.9 Å². The molecule has 0 heterocycles. The third kappa shape index (κ3) is 58.1. The number of unbranched alkanes of at least 4 members (excludes halogenated alkanes) is 18. The molecule has 0 bridgehead atoms. The Morgan fingerprint density at radius 1 is 0.461 bits per heavy atom. The van der Waals surface area contributed by atoms with E-state index in [0.717, 1.165) is 89.9 Å². The highest BCUT2D eigenvalue weighted by molar-refractivity contribution is 7.47. The number of likely N-dealkylation sites (N-methyl/N-ethyl adjacent to an activating group) is 1. The number of aliphatic hydroxyl groups is 1. The van der Waals surface area contributed by atoms with E-state index >= 15 is 0 Å². The van der Waals surface area contributed by atoms with Gasteiger partial charge in [-0.15, -0.1) is 0 Å². The molecule has 0 saturated heterocycles. The third-order valence-corrected chi connectivity index (χ3v) is 13.5. The summed E-state index contributed by atoms with van der Waals surface area (Å²) in [5, 5.41) is 13.9. The highest BCUT2D eigenvalue weighted by atomic mass is 31.2. The molecule has 3 unspecified atom stereocenters. The molecule has 0 aliphatic heterocycles. The minimum absolute atomic E-state index is 0.0339. The van der Waals surface area contributed by atoms with Gasteiger partial charge >= 0.3 is 7.82 Å². The van der Waals surface area contributed by atoms with Crippen molar-refractivity contribution in [2.24, 2.45) is 0 Å². The van der Waals surface area contributed by atoms with Crippen LogP contribution in [0.3, 0.4) is 0 Å². The molecule has 0 saturated carbocycles. The van der Waals surface area contributed by atoms with E-state index in [4.69, 9.17) is 9.05 Å². The summed E-state index contributed by atoms with van der Waals surface area (Å²) in [5.74, 6) is -0.254. The van der Waals surface area contributed by atoms with Gasteiger partial charge in [-0.05, 0) is 109 Å². The Labute approximate surface area is 468 Å². The monoisotopic (exact) mass is 1070 g/mol. The number of phosphoric ester groups is 1. The van der Waals surface area contributed by atoms with Crippen LogP contribution in [0.25, 0.3) is 0 Å². The maximum atomic E-state index is 13.0. The second kappa shape index (κ2) is 56.1. The van der Waals surface area contributed by atoms with Crippen LogP contribution in [-0.4, -0.2) is 73.4 Å². The number of phosphoric acid groups is 1. The predicted octanol–water partition coefficient (Wildman–Crippen LogP) is 18.9. The number of amides is 1. The van der Waals surface area contributed by atoms with E-state index in [0.29, 0.717) is 17.4 Å². The third-order valence-electron chi connectivity index (χ3n) is 12.5. The Morgan fingerprint density at radius 3 is 1.21 bits per heavy atom. The molecule has 1 amide bonds. The van der Waals surface area contributed by atoms with Crippen LogP contribution < -0.4 is 5.32 Å². The van der Waals surface area contributed by atoms with Crippen molar-refractivity contribution in [3.05, 3.63) is 146 Å². The van der Waals surface area contributed by atoms with Crippen LogP contribution in [0.2, 0.25) is 0 Å². The average Bonchev–Trinajstić information content (AvgIpc) is 3.38. The van der Waals surface area contributed by atoms with Crippen molar-refractivity contribution in [1.29, 1.82) is 0 Å². The smallest absolute Gasteiger partial charge is 0.387 e. The van der Waals surface area contributed by atoms with Crippen molar-refractivity contribution in [3.8, 4) is 0 Å². The first-order chi connectivity index (χ1) is 37.0. The molecule has 0 radical (unpaired) electrons. The average molecular weight is 1070 g/mol. The molecule has 0 aliphatic rings. The lowest BCUT2D eigenvalue weighted by Crippen LogP contribution is -2.45. The number of allylic oxidation sites excluding steroid dienone is 23. The van der Waals surface area contributed by atoms with Crippen LogP contribution in [0.1, 0.15) is 219 Å². The largest absolute Gasteiger partial charge is 0.472 e. The number of hydrogen-bond acceptors (Lipinski definition) is 5. The maximum absolute atomic E-state index is 13.0. The summed E-state index contributed by atoms with van der Waals surface area (Å²) in [7, 11) is 1.49. The van der Waals surface area contributed by atoms with Gasteiger partial charge in [-0.2, -0.15) is 0 Å². The van der Waals surface area contributed by atoms with E-state index in [9.17, 15) is 19.4 Å². The maximum Gasteiger partial charge on any atom is 0.472 e. The van der Waals surface area contributed by atoms with Crippen LogP contribution >= 0.6 is 7.82 Å². The molecule has 432 valence electrons. The summed E-state index contributed by atoms with van der Waals surface area (Å²) < 4.78 is 23.7. The highest BCUT2D eigenvalue weighted by Gasteiger charge is 2.27. The summed E-state index contributed by atoms with van der Waals surface area (Å²) in [6.45, 7) is 4.62. The number of carbonyl (C=O) groups is 1. The lowest BCUT2D eigenvalue weighted by atomic mass is 10.0. The van der Waals surface area contributed by atoms with Gasteiger partial charge in [0.15, 0.2) is 0 Å². The number of nitrogens with zero attached hydrogens (tertiary/aromatic N) is 1. The van der Waals surface area contributed by atoms with Gasteiger partial charge in [-0.25, -0.2) is 4.57 Å². The molecule has 0 aromatic rings. The zero-order chi connectivity index (χ0) is 55.6. The summed E-state index contributed by atoms with van der Waals surface area (Å²) in [6.07, 6.45) is 86.9. The Hall–Kier alpha value is -3.62. The van der Waals surface area contributed by atoms with Gasteiger partial charge < -0.3 is 19.8 Å². The molecule has 0 aromatic carbocycles. The molecule has 0 aromatic heterocycles. The summed E-state index contributed by atoms with van der Waals surface area (Å²) >= 11 is 0. The minimum Gasteiger partial charge on any atom is -0.387 e. The van der Waals surface area contributed by atoms with Crippen LogP contribution in [-0.2, 0) is 18.4 Å². The Bertz CT molecular complexity index is 1740. The first-order valence-corrected chi connectivity index (χ1v) is 31.7. The summed E-state index contributed by atoms with van der Waals surface area (Å²) in [4.78, 5) is 23.3. The molecule has 8 nitrogen and oxygen atoms in total. The molecular formula is C67H114N2O6P+. The lowest BCUT2D eigenvalue weighted by Gasteiger charge is -2.25. The fraction of sp³-hybridized carbons (Fsp3) is 0.627. The Morgan fingerprint density at radius 2 is 0.803 bits per heavy atom. The fourth-order valence-corrected chi connectivity index (χ4v) is 8.57. The van der Waals surface area contributed by atoms with Crippen LogP contribution in [0.15, 0.2) is 146 Å². The van der Waals surface area contributed by atoms with Gasteiger partial charge in [-0.1, -0.05) is 250 Å². The number of hydrogen-bond donors (Lipinski definition) is 3. The zero-order valence-corrected chi connectivity index (χ0v) is 50.1. The molecule has 0 rings (SSSR count). The van der Waals surface area contributed by atoms with Crippen molar-refractivity contribution in [1.82, 2.24) is 5.32 Å². The normalized spacial score (nSPS) is 14.9. The van der Waals surface area contributed by atoms with E-state index < -0.39 is 20.0 Å². The molecular weight excluding hydrogens is 960 g/mol. The van der Waals surface area contributed by atoms with E-state index in [-0.39, 0.29) is 25.5 Å². The SMILES string of the molecule is CC/C=C\C/C=C\C/C=C\C/C=C\C/C=C\C/C=C\C/C=C\C/C=C\C/C=C\CCCC(=O)NC(COP(=O)(O)OCC[N+](C)(C)C)C(O)/C=C/CC/C=C/CC/C=C/CCCCCCCCCCCCCCCCC. The molecule has 76 heavy (non-hydrogen) atoms.